The molecule has 3 heteroatoms. The smallest absolute Gasteiger partial charge is 0.0939 e. The van der Waals surface area contributed by atoms with Crippen molar-refractivity contribution in [2.24, 2.45) is 0 Å². The van der Waals surface area contributed by atoms with E-state index in [4.69, 9.17) is 9.47 Å². The Kier molecular flexibility index (Phi) is 7.14. The first-order chi connectivity index (χ1) is 6.91. The van der Waals surface area contributed by atoms with E-state index in [0.717, 1.165) is 13.0 Å². The van der Waals surface area contributed by atoms with Gasteiger partial charge in [0.2, 0.25) is 0 Å². The standard InChI is InChI=1S/C12H27NO2/c1-7-12(4,5)15-11(9-14-6)8-13-10(2)3/h10-11,13H,7-9H2,1-6H3. The van der Waals surface area contributed by atoms with Crippen molar-refractivity contribution in [3.05, 3.63) is 0 Å². The topological polar surface area (TPSA) is 30.5 Å². The van der Waals surface area contributed by atoms with Gasteiger partial charge in [0, 0.05) is 19.7 Å². The summed E-state index contributed by atoms with van der Waals surface area (Å²) in [5.74, 6) is 0. The zero-order chi connectivity index (χ0) is 11.9. The van der Waals surface area contributed by atoms with Crippen LogP contribution in [0.25, 0.3) is 0 Å². The second-order valence-corrected chi connectivity index (χ2v) is 4.87. The molecule has 0 saturated carbocycles. The number of hydrogen-bond acceptors (Lipinski definition) is 3. The molecule has 1 unspecified atom stereocenters. The molecule has 0 aliphatic carbocycles. The van der Waals surface area contributed by atoms with Crippen molar-refractivity contribution in [2.45, 2.75) is 58.8 Å². The van der Waals surface area contributed by atoms with Crippen LogP contribution in [0.4, 0.5) is 0 Å². The zero-order valence-electron chi connectivity index (χ0n) is 11.1. The van der Waals surface area contributed by atoms with Crippen molar-refractivity contribution in [2.75, 3.05) is 20.3 Å². The maximum atomic E-state index is 5.99. The lowest BCUT2D eigenvalue weighted by Crippen LogP contribution is -2.41. The van der Waals surface area contributed by atoms with Crippen LogP contribution in [0.1, 0.15) is 41.0 Å². The molecule has 0 amide bonds. The van der Waals surface area contributed by atoms with E-state index in [0.29, 0.717) is 12.6 Å². The Labute approximate surface area is 94.5 Å². The highest BCUT2D eigenvalue weighted by Crippen LogP contribution is 2.16. The van der Waals surface area contributed by atoms with E-state index < -0.39 is 0 Å². The maximum absolute atomic E-state index is 5.99. The molecule has 0 aliphatic heterocycles. The molecule has 0 aliphatic rings. The molecule has 15 heavy (non-hydrogen) atoms. The van der Waals surface area contributed by atoms with Crippen LogP contribution in [-0.2, 0) is 9.47 Å². The summed E-state index contributed by atoms with van der Waals surface area (Å²) in [5.41, 5.74) is -0.0676. The lowest BCUT2D eigenvalue weighted by Gasteiger charge is -2.30. The zero-order valence-corrected chi connectivity index (χ0v) is 11.1. The number of rotatable bonds is 8. The summed E-state index contributed by atoms with van der Waals surface area (Å²) in [5, 5.41) is 3.37. The third-order valence-electron chi connectivity index (χ3n) is 2.44. The van der Waals surface area contributed by atoms with Crippen molar-refractivity contribution < 1.29 is 9.47 Å². The number of hydrogen-bond donors (Lipinski definition) is 1. The highest BCUT2D eigenvalue weighted by molar-refractivity contribution is 4.72. The summed E-state index contributed by atoms with van der Waals surface area (Å²) < 4.78 is 11.2. The van der Waals surface area contributed by atoms with E-state index in [1.807, 2.05) is 0 Å². The molecule has 92 valence electrons. The molecule has 0 saturated heterocycles. The van der Waals surface area contributed by atoms with Crippen LogP contribution in [0.2, 0.25) is 0 Å². The molecular formula is C12H27NO2. The van der Waals surface area contributed by atoms with Crippen LogP contribution in [0.5, 0.6) is 0 Å². The predicted molar refractivity (Wildman–Crippen MR) is 64.3 cm³/mol. The summed E-state index contributed by atoms with van der Waals surface area (Å²) >= 11 is 0. The van der Waals surface area contributed by atoms with E-state index in [1.165, 1.54) is 0 Å². The van der Waals surface area contributed by atoms with Gasteiger partial charge in [-0.15, -0.1) is 0 Å². The Balaban J connectivity index is 4.03. The molecule has 0 fully saturated rings. The highest BCUT2D eigenvalue weighted by Gasteiger charge is 2.21. The Morgan fingerprint density at radius 2 is 1.87 bits per heavy atom. The molecule has 0 spiro atoms. The Bertz CT molecular complexity index is 158. The third kappa shape index (κ3) is 7.77. The highest BCUT2D eigenvalue weighted by atomic mass is 16.5. The van der Waals surface area contributed by atoms with E-state index in [2.05, 4.69) is 39.9 Å². The number of methoxy groups -OCH3 is 1. The molecular weight excluding hydrogens is 190 g/mol. The second kappa shape index (κ2) is 7.20. The van der Waals surface area contributed by atoms with Crippen LogP contribution < -0.4 is 5.32 Å². The van der Waals surface area contributed by atoms with E-state index in [1.54, 1.807) is 7.11 Å². The first-order valence-corrected chi connectivity index (χ1v) is 5.81. The van der Waals surface area contributed by atoms with Crippen LogP contribution >= 0.6 is 0 Å². The lowest BCUT2D eigenvalue weighted by atomic mass is 10.1. The summed E-state index contributed by atoms with van der Waals surface area (Å²) in [7, 11) is 1.71. The monoisotopic (exact) mass is 217 g/mol. The normalized spacial score (nSPS) is 14.6. The Morgan fingerprint density at radius 1 is 1.27 bits per heavy atom. The molecule has 0 radical (unpaired) electrons. The van der Waals surface area contributed by atoms with Crippen LogP contribution in [0.15, 0.2) is 0 Å². The largest absolute Gasteiger partial charge is 0.382 e. The molecule has 0 aromatic heterocycles. The van der Waals surface area contributed by atoms with Gasteiger partial charge in [-0.3, -0.25) is 0 Å². The van der Waals surface area contributed by atoms with Gasteiger partial charge in [0.15, 0.2) is 0 Å². The van der Waals surface area contributed by atoms with Crippen LogP contribution in [-0.4, -0.2) is 38.0 Å². The van der Waals surface area contributed by atoms with Crippen molar-refractivity contribution in [1.82, 2.24) is 5.32 Å². The minimum absolute atomic E-state index is 0.0676. The molecule has 0 heterocycles. The summed E-state index contributed by atoms with van der Waals surface area (Å²) in [6.07, 6.45) is 1.14. The number of nitrogens with one attached hydrogen (secondary N) is 1. The molecule has 0 bridgehead atoms. The van der Waals surface area contributed by atoms with E-state index >= 15 is 0 Å². The molecule has 1 atom stereocenters. The van der Waals surface area contributed by atoms with Crippen LogP contribution in [0.3, 0.4) is 0 Å². The molecule has 3 nitrogen and oxygen atoms in total. The predicted octanol–water partition coefficient (Wildman–Crippen LogP) is 2.20. The quantitative estimate of drug-likeness (QED) is 0.676. The van der Waals surface area contributed by atoms with Gasteiger partial charge >= 0.3 is 0 Å². The first-order valence-electron chi connectivity index (χ1n) is 5.81. The molecule has 0 aromatic rings. The first kappa shape index (κ1) is 14.9. The van der Waals surface area contributed by atoms with Gasteiger partial charge in [0.25, 0.3) is 0 Å². The van der Waals surface area contributed by atoms with Crippen molar-refractivity contribution in [3.63, 3.8) is 0 Å². The maximum Gasteiger partial charge on any atom is 0.0939 e. The summed E-state index contributed by atoms with van der Waals surface area (Å²) in [6.45, 7) is 12.1. The van der Waals surface area contributed by atoms with Gasteiger partial charge < -0.3 is 14.8 Å². The summed E-state index contributed by atoms with van der Waals surface area (Å²) in [4.78, 5) is 0. The lowest BCUT2D eigenvalue weighted by molar-refractivity contribution is -0.0961. The molecule has 1 N–H and O–H groups in total. The van der Waals surface area contributed by atoms with Gasteiger partial charge in [0.05, 0.1) is 18.3 Å². The average Bonchev–Trinajstić information content (AvgIpc) is 2.14. The summed E-state index contributed by atoms with van der Waals surface area (Å²) in [6, 6.07) is 0.484. The fourth-order valence-corrected chi connectivity index (χ4v) is 1.22. The fourth-order valence-electron chi connectivity index (χ4n) is 1.22. The van der Waals surface area contributed by atoms with Gasteiger partial charge in [0.1, 0.15) is 0 Å². The van der Waals surface area contributed by atoms with E-state index in [-0.39, 0.29) is 11.7 Å². The Hall–Kier alpha value is -0.120. The fraction of sp³-hybridized carbons (Fsp3) is 1.00. The second-order valence-electron chi connectivity index (χ2n) is 4.87. The minimum Gasteiger partial charge on any atom is -0.382 e. The third-order valence-corrected chi connectivity index (χ3v) is 2.44. The van der Waals surface area contributed by atoms with Crippen molar-refractivity contribution in [3.8, 4) is 0 Å². The van der Waals surface area contributed by atoms with Gasteiger partial charge in [-0.05, 0) is 20.3 Å². The average molecular weight is 217 g/mol. The number of ether oxygens (including phenoxy) is 2. The van der Waals surface area contributed by atoms with E-state index in [9.17, 15) is 0 Å². The van der Waals surface area contributed by atoms with Gasteiger partial charge in [-0.1, -0.05) is 20.8 Å². The molecule has 0 rings (SSSR count). The minimum atomic E-state index is -0.0676. The SMILES string of the molecule is CCC(C)(C)OC(CNC(C)C)COC. The van der Waals surface area contributed by atoms with Crippen LogP contribution in [0, 0.1) is 0 Å². The molecule has 0 aromatic carbocycles. The Morgan fingerprint density at radius 3 is 2.27 bits per heavy atom. The van der Waals surface area contributed by atoms with Crippen molar-refractivity contribution >= 4 is 0 Å². The van der Waals surface area contributed by atoms with Crippen molar-refractivity contribution in [1.29, 1.82) is 0 Å². The van der Waals surface area contributed by atoms with Gasteiger partial charge in [-0.25, -0.2) is 0 Å². The van der Waals surface area contributed by atoms with Gasteiger partial charge in [-0.2, -0.15) is 0 Å².